The van der Waals surface area contributed by atoms with Crippen LogP contribution in [0.5, 0.6) is 0 Å². The summed E-state index contributed by atoms with van der Waals surface area (Å²) in [6, 6.07) is 4.42. The lowest BCUT2D eigenvalue weighted by molar-refractivity contribution is 0.0693. The predicted octanol–water partition coefficient (Wildman–Crippen LogP) is 1.88. The average molecular weight is 264 g/mol. The van der Waals surface area contributed by atoms with Crippen molar-refractivity contribution >= 4 is 16.9 Å². The first-order valence-electron chi connectivity index (χ1n) is 6.18. The molecule has 1 amide bonds. The lowest BCUT2D eigenvalue weighted by Crippen LogP contribution is -2.39. The molecule has 0 saturated carbocycles. The number of hydrogen-bond donors (Lipinski definition) is 1. The largest absolute Gasteiger partial charge is 0.381 e. The van der Waals surface area contributed by atoms with Crippen LogP contribution in [0.3, 0.4) is 0 Å². The van der Waals surface area contributed by atoms with E-state index < -0.39 is 11.7 Å². The first-order valence-corrected chi connectivity index (χ1v) is 6.18. The SMILES string of the molecule is O=C(NC1CCOCC1)c1noc2cccc(F)c12. The van der Waals surface area contributed by atoms with Gasteiger partial charge in [0.2, 0.25) is 0 Å². The summed E-state index contributed by atoms with van der Waals surface area (Å²) in [4.78, 5) is 12.1. The molecule has 2 aromatic rings. The van der Waals surface area contributed by atoms with E-state index in [4.69, 9.17) is 9.26 Å². The molecule has 1 aromatic heterocycles. The molecule has 1 aliphatic heterocycles. The Morgan fingerprint density at radius 3 is 2.95 bits per heavy atom. The average Bonchev–Trinajstić information content (AvgIpc) is 2.85. The normalized spacial score (nSPS) is 16.7. The van der Waals surface area contributed by atoms with E-state index in [1.807, 2.05) is 0 Å². The van der Waals surface area contributed by atoms with Gasteiger partial charge >= 0.3 is 0 Å². The lowest BCUT2D eigenvalue weighted by atomic mass is 10.1. The molecule has 6 heteroatoms. The van der Waals surface area contributed by atoms with Crippen LogP contribution >= 0.6 is 0 Å². The summed E-state index contributed by atoms with van der Waals surface area (Å²) in [6.07, 6.45) is 1.51. The van der Waals surface area contributed by atoms with Crippen molar-refractivity contribution in [2.45, 2.75) is 18.9 Å². The van der Waals surface area contributed by atoms with E-state index in [0.29, 0.717) is 13.2 Å². The highest BCUT2D eigenvalue weighted by Gasteiger charge is 2.22. The van der Waals surface area contributed by atoms with Crippen LogP contribution in [0.2, 0.25) is 0 Å². The highest BCUT2D eigenvalue weighted by Crippen LogP contribution is 2.21. The summed E-state index contributed by atoms with van der Waals surface area (Å²) < 4.78 is 23.9. The van der Waals surface area contributed by atoms with Crippen LogP contribution < -0.4 is 5.32 Å². The zero-order valence-electron chi connectivity index (χ0n) is 10.2. The van der Waals surface area contributed by atoms with E-state index in [1.54, 1.807) is 6.07 Å². The monoisotopic (exact) mass is 264 g/mol. The van der Waals surface area contributed by atoms with E-state index in [9.17, 15) is 9.18 Å². The molecule has 100 valence electrons. The molecule has 1 fully saturated rings. The summed E-state index contributed by atoms with van der Waals surface area (Å²) in [5.41, 5.74) is 0.275. The van der Waals surface area contributed by atoms with Gasteiger partial charge in [-0.3, -0.25) is 4.79 Å². The minimum absolute atomic E-state index is 0.000378. The third kappa shape index (κ3) is 2.31. The van der Waals surface area contributed by atoms with E-state index >= 15 is 0 Å². The van der Waals surface area contributed by atoms with Gasteiger partial charge in [-0.25, -0.2) is 4.39 Å². The highest BCUT2D eigenvalue weighted by molar-refractivity contribution is 6.04. The Morgan fingerprint density at radius 2 is 2.16 bits per heavy atom. The number of amides is 1. The van der Waals surface area contributed by atoms with E-state index in [2.05, 4.69) is 10.5 Å². The third-order valence-corrected chi connectivity index (χ3v) is 3.22. The number of ether oxygens (including phenoxy) is 1. The van der Waals surface area contributed by atoms with Crippen LogP contribution in [0.15, 0.2) is 22.7 Å². The van der Waals surface area contributed by atoms with Crippen molar-refractivity contribution in [3.05, 3.63) is 29.7 Å². The fourth-order valence-corrected chi connectivity index (χ4v) is 2.20. The molecule has 1 aromatic carbocycles. The number of halogens is 1. The maximum Gasteiger partial charge on any atom is 0.274 e. The topological polar surface area (TPSA) is 64.4 Å². The van der Waals surface area contributed by atoms with E-state index in [1.165, 1.54) is 12.1 Å². The van der Waals surface area contributed by atoms with E-state index in [-0.39, 0.29) is 22.7 Å². The molecule has 3 rings (SSSR count). The molecule has 1 saturated heterocycles. The van der Waals surface area contributed by atoms with Gasteiger partial charge in [0.05, 0.1) is 5.39 Å². The van der Waals surface area contributed by atoms with Gasteiger partial charge in [-0.2, -0.15) is 0 Å². The second-order valence-corrected chi connectivity index (χ2v) is 4.50. The van der Waals surface area contributed by atoms with Crippen LogP contribution in [0.25, 0.3) is 11.0 Å². The quantitative estimate of drug-likeness (QED) is 0.899. The lowest BCUT2D eigenvalue weighted by Gasteiger charge is -2.22. The van der Waals surface area contributed by atoms with Gasteiger partial charge in [0.1, 0.15) is 5.82 Å². The molecule has 0 aliphatic carbocycles. The maximum absolute atomic E-state index is 13.7. The molecule has 19 heavy (non-hydrogen) atoms. The minimum Gasteiger partial charge on any atom is -0.381 e. The molecular weight excluding hydrogens is 251 g/mol. The fourth-order valence-electron chi connectivity index (χ4n) is 2.20. The van der Waals surface area contributed by atoms with Crippen molar-refractivity contribution in [1.29, 1.82) is 0 Å². The van der Waals surface area contributed by atoms with Gasteiger partial charge in [0.15, 0.2) is 11.3 Å². The molecule has 1 aliphatic rings. The van der Waals surface area contributed by atoms with Crippen molar-refractivity contribution in [2.24, 2.45) is 0 Å². The van der Waals surface area contributed by atoms with Crippen molar-refractivity contribution in [1.82, 2.24) is 10.5 Å². The summed E-state index contributed by atoms with van der Waals surface area (Å²) in [7, 11) is 0. The number of aromatic nitrogens is 1. The highest BCUT2D eigenvalue weighted by atomic mass is 19.1. The van der Waals surface area contributed by atoms with Crippen LogP contribution in [-0.2, 0) is 4.74 Å². The summed E-state index contributed by atoms with van der Waals surface area (Å²) in [5.74, 6) is -0.911. The number of carbonyl (C=O) groups is 1. The number of rotatable bonds is 2. The standard InChI is InChI=1S/C13H13FN2O3/c14-9-2-1-3-10-11(9)12(16-19-10)13(17)15-8-4-6-18-7-5-8/h1-3,8H,4-7H2,(H,15,17). The molecule has 5 nitrogen and oxygen atoms in total. The minimum atomic E-state index is -0.504. The fraction of sp³-hybridized carbons (Fsp3) is 0.385. The number of carbonyl (C=O) groups excluding carboxylic acids is 1. The molecule has 0 spiro atoms. The first kappa shape index (κ1) is 12.1. The van der Waals surface area contributed by atoms with Gasteiger partial charge in [-0.05, 0) is 25.0 Å². The molecule has 2 heterocycles. The molecule has 0 unspecified atom stereocenters. The Morgan fingerprint density at radius 1 is 1.37 bits per heavy atom. The van der Waals surface area contributed by atoms with Crippen LogP contribution in [0.1, 0.15) is 23.3 Å². The second-order valence-electron chi connectivity index (χ2n) is 4.50. The molecule has 1 N–H and O–H groups in total. The van der Waals surface area contributed by atoms with Crippen LogP contribution in [0, 0.1) is 5.82 Å². The molecule has 0 atom stereocenters. The van der Waals surface area contributed by atoms with Crippen molar-refractivity contribution in [2.75, 3.05) is 13.2 Å². The number of nitrogens with zero attached hydrogens (tertiary/aromatic N) is 1. The summed E-state index contributed by atoms with van der Waals surface area (Å²) in [6.45, 7) is 1.25. The number of nitrogens with one attached hydrogen (secondary N) is 1. The van der Waals surface area contributed by atoms with Crippen LogP contribution in [-0.4, -0.2) is 30.3 Å². The van der Waals surface area contributed by atoms with E-state index in [0.717, 1.165) is 12.8 Å². The smallest absolute Gasteiger partial charge is 0.274 e. The third-order valence-electron chi connectivity index (χ3n) is 3.22. The molecule has 0 radical (unpaired) electrons. The van der Waals surface area contributed by atoms with Crippen molar-refractivity contribution in [3.63, 3.8) is 0 Å². The zero-order chi connectivity index (χ0) is 13.2. The van der Waals surface area contributed by atoms with Crippen molar-refractivity contribution in [3.8, 4) is 0 Å². The number of hydrogen-bond acceptors (Lipinski definition) is 4. The Bertz CT molecular complexity index is 605. The Hall–Kier alpha value is -1.95. The number of fused-ring (bicyclic) bond motifs is 1. The maximum atomic E-state index is 13.7. The number of benzene rings is 1. The predicted molar refractivity (Wildman–Crippen MR) is 65.3 cm³/mol. The van der Waals surface area contributed by atoms with Crippen molar-refractivity contribution < 1.29 is 18.4 Å². The Balaban J connectivity index is 1.85. The molecule has 0 bridgehead atoms. The second kappa shape index (κ2) is 4.97. The molecular formula is C13H13FN2O3. The summed E-state index contributed by atoms with van der Waals surface area (Å²) in [5, 5.41) is 6.63. The van der Waals surface area contributed by atoms with Gasteiger partial charge in [0.25, 0.3) is 5.91 Å². The zero-order valence-corrected chi connectivity index (χ0v) is 10.2. The van der Waals surface area contributed by atoms with Gasteiger partial charge in [-0.1, -0.05) is 11.2 Å². The van der Waals surface area contributed by atoms with Gasteiger partial charge < -0.3 is 14.6 Å². The van der Waals surface area contributed by atoms with Gasteiger partial charge in [-0.15, -0.1) is 0 Å². The first-order chi connectivity index (χ1) is 9.25. The Labute approximate surface area is 108 Å². The Kier molecular flexibility index (Phi) is 3.16. The summed E-state index contributed by atoms with van der Waals surface area (Å²) >= 11 is 0. The van der Waals surface area contributed by atoms with Crippen LogP contribution in [0.4, 0.5) is 4.39 Å². The van der Waals surface area contributed by atoms with Gasteiger partial charge in [0, 0.05) is 19.3 Å².